The predicted molar refractivity (Wildman–Crippen MR) is 93.4 cm³/mol. The highest BCUT2D eigenvalue weighted by Crippen LogP contribution is 2.37. The van der Waals surface area contributed by atoms with E-state index in [0.717, 1.165) is 0 Å². The number of anilines is 1. The first-order chi connectivity index (χ1) is 11.8. The third-order valence-electron chi connectivity index (χ3n) is 4.89. The number of carbonyl (C=O) groups excluding carboxylic acids is 2. The van der Waals surface area contributed by atoms with Gasteiger partial charge in [-0.3, -0.25) is 9.59 Å². The maximum atomic E-state index is 13.0. The van der Waals surface area contributed by atoms with Gasteiger partial charge >= 0.3 is 0 Å². The number of hydrogen-bond donors (Lipinski definition) is 0. The smallest absolute Gasteiger partial charge is 0.230 e. The molecule has 1 amide bonds. The molecule has 0 bridgehead atoms. The molecule has 2 aliphatic rings. The van der Waals surface area contributed by atoms with Gasteiger partial charge in [0.25, 0.3) is 0 Å². The summed E-state index contributed by atoms with van der Waals surface area (Å²) in [5.74, 6) is 0.202. The van der Waals surface area contributed by atoms with Crippen LogP contribution in [0.15, 0.2) is 18.2 Å². The Bertz CT molecular complexity index is 797. The van der Waals surface area contributed by atoms with E-state index in [1.807, 2.05) is 0 Å². The van der Waals surface area contributed by atoms with Crippen LogP contribution >= 0.6 is 0 Å². The van der Waals surface area contributed by atoms with Crippen LogP contribution in [0.4, 0.5) is 5.69 Å². The molecule has 0 unspecified atom stereocenters. The van der Waals surface area contributed by atoms with Crippen molar-refractivity contribution in [1.82, 2.24) is 4.31 Å². The van der Waals surface area contributed by atoms with E-state index in [4.69, 9.17) is 4.74 Å². The monoisotopic (exact) mass is 366 g/mol. The van der Waals surface area contributed by atoms with Crippen molar-refractivity contribution in [3.8, 4) is 5.75 Å². The minimum Gasteiger partial charge on any atom is -0.495 e. The molecule has 8 heteroatoms. The number of hydrogen-bond acceptors (Lipinski definition) is 5. The van der Waals surface area contributed by atoms with Crippen molar-refractivity contribution in [2.24, 2.45) is 5.92 Å². The van der Waals surface area contributed by atoms with Gasteiger partial charge in [0.15, 0.2) is 5.78 Å². The van der Waals surface area contributed by atoms with Crippen molar-refractivity contribution in [3.05, 3.63) is 23.8 Å². The van der Waals surface area contributed by atoms with E-state index < -0.39 is 10.0 Å². The van der Waals surface area contributed by atoms with Gasteiger partial charge in [-0.25, -0.2) is 12.7 Å². The second-order valence-electron chi connectivity index (χ2n) is 6.46. The number of amides is 1. The first-order valence-corrected chi connectivity index (χ1v) is 10.1. The number of fused-ring (bicyclic) bond motifs is 1. The molecular weight excluding hydrogens is 344 g/mol. The molecule has 25 heavy (non-hydrogen) atoms. The van der Waals surface area contributed by atoms with Gasteiger partial charge in [0.05, 0.1) is 19.1 Å². The van der Waals surface area contributed by atoms with Gasteiger partial charge in [-0.2, -0.15) is 0 Å². The lowest BCUT2D eigenvalue weighted by Crippen LogP contribution is -2.46. The number of piperidine rings is 1. The molecule has 2 heterocycles. The number of ketones is 1. The van der Waals surface area contributed by atoms with E-state index in [0.29, 0.717) is 49.5 Å². The summed E-state index contributed by atoms with van der Waals surface area (Å²) < 4.78 is 30.0. The summed E-state index contributed by atoms with van der Waals surface area (Å²) in [4.78, 5) is 26.9. The first kappa shape index (κ1) is 17.9. The summed E-state index contributed by atoms with van der Waals surface area (Å²) >= 11 is 0. The van der Waals surface area contributed by atoms with Crippen LogP contribution in [-0.2, 0) is 14.8 Å². The Labute approximate surface area is 147 Å². The molecule has 3 rings (SSSR count). The molecule has 0 atom stereocenters. The van der Waals surface area contributed by atoms with Gasteiger partial charge in [0.2, 0.25) is 15.9 Å². The van der Waals surface area contributed by atoms with Crippen LogP contribution in [-0.4, -0.2) is 57.4 Å². The van der Waals surface area contributed by atoms with Crippen LogP contribution in [0.25, 0.3) is 0 Å². The average Bonchev–Trinajstić information content (AvgIpc) is 2.60. The van der Waals surface area contributed by atoms with Crippen LogP contribution in [0, 0.1) is 5.92 Å². The molecule has 1 fully saturated rings. The van der Waals surface area contributed by atoms with Crippen molar-refractivity contribution in [3.63, 3.8) is 0 Å². The standard InChI is InChI=1S/C17H22N2O5S/c1-24-15-5-3-4-13-14(20)8-11-19(16(13)15)17(21)12-6-9-18(10-7-12)25(2,22)23/h3-5,12H,6-11H2,1-2H3. The molecule has 1 saturated heterocycles. The van der Waals surface area contributed by atoms with Crippen molar-refractivity contribution < 1.29 is 22.7 Å². The number of sulfonamides is 1. The summed E-state index contributed by atoms with van der Waals surface area (Å²) in [6.07, 6.45) is 2.45. The summed E-state index contributed by atoms with van der Waals surface area (Å²) in [5, 5.41) is 0. The maximum absolute atomic E-state index is 13.0. The van der Waals surface area contributed by atoms with Gasteiger partial charge in [-0.1, -0.05) is 6.07 Å². The van der Waals surface area contributed by atoms with Gasteiger partial charge in [-0.15, -0.1) is 0 Å². The topological polar surface area (TPSA) is 84.0 Å². The molecule has 0 N–H and O–H groups in total. The quantitative estimate of drug-likeness (QED) is 0.805. The Morgan fingerprint density at radius 2 is 1.88 bits per heavy atom. The Kier molecular flexibility index (Phi) is 4.83. The van der Waals surface area contributed by atoms with Crippen molar-refractivity contribution in [1.29, 1.82) is 0 Å². The first-order valence-electron chi connectivity index (χ1n) is 8.29. The number of methoxy groups -OCH3 is 1. The zero-order valence-electron chi connectivity index (χ0n) is 14.4. The average molecular weight is 366 g/mol. The van der Waals surface area contributed by atoms with Crippen LogP contribution in [0.1, 0.15) is 29.6 Å². The molecule has 136 valence electrons. The second kappa shape index (κ2) is 6.76. The highest BCUT2D eigenvalue weighted by atomic mass is 32.2. The summed E-state index contributed by atoms with van der Waals surface area (Å²) in [6, 6.07) is 5.20. The lowest BCUT2D eigenvalue weighted by Gasteiger charge is -2.35. The van der Waals surface area contributed by atoms with Crippen LogP contribution in [0.2, 0.25) is 0 Å². The zero-order chi connectivity index (χ0) is 18.2. The van der Waals surface area contributed by atoms with Crippen LogP contribution in [0.3, 0.4) is 0 Å². The fourth-order valence-electron chi connectivity index (χ4n) is 3.53. The predicted octanol–water partition coefficient (Wildman–Crippen LogP) is 1.29. The molecule has 0 aliphatic carbocycles. The number of nitrogens with zero attached hydrogens (tertiary/aromatic N) is 2. The summed E-state index contributed by atoms with van der Waals surface area (Å²) in [7, 11) is -1.71. The molecule has 0 radical (unpaired) electrons. The molecule has 2 aliphatic heterocycles. The third kappa shape index (κ3) is 3.41. The molecule has 0 aromatic heterocycles. The van der Waals surface area contributed by atoms with Crippen molar-refractivity contribution in [2.45, 2.75) is 19.3 Å². The number of para-hydroxylation sites is 1. The lowest BCUT2D eigenvalue weighted by atomic mass is 9.93. The molecule has 1 aromatic rings. The Morgan fingerprint density at radius 3 is 2.48 bits per heavy atom. The third-order valence-corrected chi connectivity index (χ3v) is 6.19. The number of Topliss-reactive ketones (excluding diaryl/α,β-unsaturated/α-hetero) is 1. The second-order valence-corrected chi connectivity index (χ2v) is 8.44. The van der Waals surface area contributed by atoms with Gasteiger partial charge in [0, 0.05) is 37.5 Å². The summed E-state index contributed by atoms with van der Waals surface area (Å²) in [5.41, 5.74) is 1.05. The van der Waals surface area contributed by atoms with E-state index in [9.17, 15) is 18.0 Å². The van der Waals surface area contributed by atoms with E-state index in [1.165, 1.54) is 17.7 Å². The highest BCUT2D eigenvalue weighted by Gasteiger charge is 2.36. The summed E-state index contributed by atoms with van der Waals surface area (Å²) in [6.45, 7) is 1.03. The normalized spacial score (nSPS) is 19.6. The Balaban J connectivity index is 1.83. The molecule has 0 spiro atoms. The van der Waals surface area contributed by atoms with E-state index in [1.54, 1.807) is 23.1 Å². The fourth-order valence-corrected chi connectivity index (χ4v) is 4.40. The number of carbonyl (C=O) groups is 2. The van der Waals surface area contributed by atoms with Crippen LogP contribution < -0.4 is 9.64 Å². The number of benzene rings is 1. The maximum Gasteiger partial charge on any atom is 0.230 e. The molecule has 7 nitrogen and oxygen atoms in total. The van der Waals surface area contributed by atoms with Crippen molar-refractivity contribution >= 4 is 27.4 Å². The lowest BCUT2D eigenvalue weighted by molar-refractivity contribution is -0.123. The van der Waals surface area contributed by atoms with Gasteiger partial charge in [0.1, 0.15) is 5.75 Å². The number of ether oxygens (including phenoxy) is 1. The Morgan fingerprint density at radius 1 is 1.20 bits per heavy atom. The highest BCUT2D eigenvalue weighted by molar-refractivity contribution is 7.88. The van der Waals surface area contributed by atoms with Crippen LogP contribution in [0.5, 0.6) is 5.75 Å². The minimum absolute atomic E-state index is 0.00449. The van der Waals surface area contributed by atoms with Gasteiger partial charge in [-0.05, 0) is 25.0 Å². The molecule has 0 saturated carbocycles. The van der Waals surface area contributed by atoms with E-state index in [-0.39, 0.29) is 24.0 Å². The van der Waals surface area contributed by atoms with Crippen molar-refractivity contribution in [2.75, 3.05) is 37.9 Å². The fraction of sp³-hybridized carbons (Fsp3) is 0.529. The zero-order valence-corrected chi connectivity index (χ0v) is 15.2. The largest absolute Gasteiger partial charge is 0.495 e. The van der Waals surface area contributed by atoms with Gasteiger partial charge < -0.3 is 9.64 Å². The minimum atomic E-state index is -3.22. The Hall–Kier alpha value is -1.93. The molecule has 1 aromatic carbocycles. The van der Waals surface area contributed by atoms with E-state index in [2.05, 4.69) is 0 Å². The molecular formula is C17H22N2O5S. The SMILES string of the molecule is COc1cccc2c1N(C(=O)C1CCN(S(C)(=O)=O)CC1)CCC2=O. The number of rotatable bonds is 3. The van der Waals surface area contributed by atoms with E-state index >= 15 is 0 Å².